The Morgan fingerprint density at radius 3 is 2.80 bits per heavy atom. The molecule has 1 aromatic carbocycles. The van der Waals surface area contributed by atoms with E-state index < -0.39 is 11.6 Å². The van der Waals surface area contributed by atoms with Crippen LogP contribution >= 0.6 is 0 Å². The SMILES string of the molecule is CC(C)CNCc1cnn(Cc2ccc(F)cc2F)c1. The van der Waals surface area contributed by atoms with E-state index >= 15 is 0 Å². The van der Waals surface area contributed by atoms with Gasteiger partial charge < -0.3 is 5.32 Å². The molecule has 3 nitrogen and oxygen atoms in total. The van der Waals surface area contributed by atoms with Gasteiger partial charge in [0.2, 0.25) is 0 Å². The number of hydrogen-bond acceptors (Lipinski definition) is 2. The second-order valence-electron chi connectivity index (χ2n) is 5.31. The molecule has 0 amide bonds. The first-order chi connectivity index (χ1) is 9.54. The van der Waals surface area contributed by atoms with Gasteiger partial charge in [0.15, 0.2) is 0 Å². The van der Waals surface area contributed by atoms with Gasteiger partial charge in [0.1, 0.15) is 11.6 Å². The van der Waals surface area contributed by atoms with E-state index in [4.69, 9.17) is 0 Å². The molecule has 0 radical (unpaired) electrons. The highest BCUT2D eigenvalue weighted by Crippen LogP contribution is 2.11. The van der Waals surface area contributed by atoms with Gasteiger partial charge in [0.25, 0.3) is 0 Å². The molecule has 20 heavy (non-hydrogen) atoms. The zero-order chi connectivity index (χ0) is 14.5. The number of nitrogens with zero attached hydrogens (tertiary/aromatic N) is 2. The first-order valence-electron chi connectivity index (χ1n) is 6.70. The minimum Gasteiger partial charge on any atom is -0.312 e. The van der Waals surface area contributed by atoms with Crippen LogP contribution in [0.1, 0.15) is 25.0 Å². The highest BCUT2D eigenvalue weighted by molar-refractivity contribution is 5.19. The Bertz CT molecular complexity index is 564. The van der Waals surface area contributed by atoms with Crippen LogP contribution in [0.5, 0.6) is 0 Å². The number of halogens is 2. The lowest BCUT2D eigenvalue weighted by Gasteiger charge is -2.05. The average Bonchev–Trinajstić information content (AvgIpc) is 2.80. The van der Waals surface area contributed by atoms with Crippen molar-refractivity contribution in [1.82, 2.24) is 15.1 Å². The lowest BCUT2D eigenvalue weighted by Crippen LogP contribution is -2.18. The van der Waals surface area contributed by atoms with E-state index in [-0.39, 0.29) is 0 Å². The maximum absolute atomic E-state index is 13.5. The normalized spacial score (nSPS) is 11.2. The van der Waals surface area contributed by atoms with Crippen LogP contribution in [0.3, 0.4) is 0 Å². The van der Waals surface area contributed by atoms with Crippen LogP contribution in [0.4, 0.5) is 8.78 Å². The number of rotatable bonds is 6. The zero-order valence-corrected chi connectivity index (χ0v) is 11.7. The van der Waals surface area contributed by atoms with Crippen molar-refractivity contribution in [2.24, 2.45) is 5.92 Å². The number of benzene rings is 1. The number of aromatic nitrogens is 2. The van der Waals surface area contributed by atoms with Gasteiger partial charge in [-0.05, 0) is 18.5 Å². The minimum atomic E-state index is -0.565. The molecule has 1 heterocycles. The summed E-state index contributed by atoms with van der Waals surface area (Å²) >= 11 is 0. The molecule has 0 aliphatic carbocycles. The van der Waals surface area contributed by atoms with E-state index in [0.717, 1.165) is 24.7 Å². The van der Waals surface area contributed by atoms with Crippen LogP contribution in [0.15, 0.2) is 30.6 Å². The van der Waals surface area contributed by atoms with Crippen molar-refractivity contribution in [3.05, 3.63) is 53.4 Å². The molecule has 0 atom stereocenters. The number of hydrogen-bond donors (Lipinski definition) is 1. The van der Waals surface area contributed by atoms with Crippen LogP contribution in [-0.4, -0.2) is 16.3 Å². The summed E-state index contributed by atoms with van der Waals surface area (Å²) in [6.07, 6.45) is 3.63. The van der Waals surface area contributed by atoms with Crippen molar-refractivity contribution in [1.29, 1.82) is 0 Å². The van der Waals surface area contributed by atoms with Gasteiger partial charge in [-0.2, -0.15) is 5.10 Å². The summed E-state index contributed by atoms with van der Waals surface area (Å²) in [5.41, 5.74) is 1.48. The predicted octanol–water partition coefficient (Wildman–Crippen LogP) is 2.96. The highest BCUT2D eigenvalue weighted by Gasteiger charge is 2.06. The van der Waals surface area contributed by atoms with E-state index in [1.54, 1.807) is 10.9 Å². The monoisotopic (exact) mass is 279 g/mol. The maximum atomic E-state index is 13.5. The van der Waals surface area contributed by atoms with Gasteiger partial charge >= 0.3 is 0 Å². The van der Waals surface area contributed by atoms with Crippen molar-refractivity contribution < 1.29 is 8.78 Å². The fraction of sp³-hybridized carbons (Fsp3) is 0.400. The molecule has 0 fully saturated rings. The standard InChI is InChI=1S/C15H19F2N3/c1-11(2)6-18-7-12-8-19-20(9-12)10-13-3-4-14(16)5-15(13)17/h3-5,8-9,11,18H,6-7,10H2,1-2H3. The fourth-order valence-electron chi connectivity index (χ4n) is 1.91. The molecule has 1 N–H and O–H groups in total. The molecular weight excluding hydrogens is 260 g/mol. The maximum Gasteiger partial charge on any atom is 0.131 e. The molecule has 0 unspecified atom stereocenters. The topological polar surface area (TPSA) is 29.9 Å². The summed E-state index contributed by atoms with van der Waals surface area (Å²) < 4.78 is 28.0. The number of nitrogens with one attached hydrogen (secondary N) is 1. The molecular formula is C15H19F2N3. The molecule has 1 aromatic heterocycles. The van der Waals surface area contributed by atoms with Gasteiger partial charge in [-0.1, -0.05) is 19.9 Å². The molecule has 2 aromatic rings. The third kappa shape index (κ3) is 4.13. The molecule has 108 valence electrons. The Balaban J connectivity index is 1.95. The van der Waals surface area contributed by atoms with Crippen LogP contribution in [-0.2, 0) is 13.1 Å². The molecule has 0 saturated heterocycles. The van der Waals surface area contributed by atoms with Crippen molar-refractivity contribution in [3.63, 3.8) is 0 Å². The molecule has 0 saturated carbocycles. The van der Waals surface area contributed by atoms with Gasteiger partial charge in [0, 0.05) is 29.9 Å². The second-order valence-corrected chi connectivity index (χ2v) is 5.31. The van der Waals surface area contributed by atoms with Crippen LogP contribution < -0.4 is 5.32 Å². The molecule has 2 rings (SSSR count). The summed E-state index contributed by atoms with van der Waals surface area (Å²) in [6.45, 7) is 6.28. The Kier molecular flexibility index (Phi) is 4.84. The Labute approximate surface area is 117 Å². The smallest absolute Gasteiger partial charge is 0.131 e. The largest absolute Gasteiger partial charge is 0.312 e. The summed E-state index contributed by atoms with van der Waals surface area (Å²) in [6, 6.07) is 3.60. The van der Waals surface area contributed by atoms with Crippen molar-refractivity contribution in [2.75, 3.05) is 6.54 Å². The Hall–Kier alpha value is -1.75. The van der Waals surface area contributed by atoms with Crippen molar-refractivity contribution in [2.45, 2.75) is 26.9 Å². The lowest BCUT2D eigenvalue weighted by atomic mass is 10.2. The third-order valence-corrected chi connectivity index (χ3v) is 2.92. The fourth-order valence-corrected chi connectivity index (χ4v) is 1.91. The van der Waals surface area contributed by atoms with Crippen LogP contribution in [0, 0.1) is 17.6 Å². The van der Waals surface area contributed by atoms with E-state index in [1.807, 2.05) is 6.20 Å². The molecule has 0 aliphatic heterocycles. The van der Waals surface area contributed by atoms with Crippen LogP contribution in [0.2, 0.25) is 0 Å². The molecule has 0 aliphatic rings. The first-order valence-corrected chi connectivity index (χ1v) is 6.70. The van der Waals surface area contributed by atoms with E-state index in [9.17, 15) is 8.78 Å². The summed E-state index contributed by atoms with van der Waals surface area (Å²) in [5, 5.41) is 7.51. The minimum absolute atomic E-state index is 0.302. The molecule has 0 bridgehead atoms. The van der Waals surface area contributed by atoms with Crippen LogP contribution in [0.25, 0.3) is 0 Å². The molecule has 0 spiro atoms. The average molecular weight is 279 g/mol. The van der Waals surface area contributed by atoms with E-state index in [0.29, 0.717) is 18.0 Å². The zero-order valence-electron chi connectivity index (χ0n) is 11.7. The predicted molar refractivity (Wildman–Crippen MR) is 74.2 cm³/mol. The van der Waals surface area contributed by atoms with E-state index in [2.05, 4.69) is 24.3 Å². The second kappa shape index (κ2) is 6.61. The summed E-state index contributed by atoms with van der Waals surface area (Å²) in [5.74, 6) is -0.511. The van der Waals surface area contributed by atoms with Gasteiger partial charge in [-0.25, -0.2) is 8.78 Å². The van der Waals surface area contributed by atoms with Crippen molar-refractivity contribution in [3.8, 4) is 0 Å². The summed E-state index contributed by atoms with van der Waals surface area (Å²) in [7, 11) is 0. The quantitative estimate of drug-likeness (QED) is 0.881. The van der Waals surface area contributed by atoms with Gasteiger partial charge in [-0.15, -0.1) is 0 Å². The Morgan fingerprint density at radius 2 is 2.10 bits per heavy atom. The van der Waals surface area contributed by atoms with Gasteiger partial charge in [-0.3, -0.25) is 4.68 Å². The third-order valence-electron chi connectivity index (χ3n) is 2.92. The van der Waals surface area contributed by atoms with E-state index in [1.165, 1.54) is 12.1 Å². The Morgan fingerprint density at radius 1 is 1.30 bits per heavy atom. The first kappa shape index (κ1) is 14.7. The lowest BCUT2D eigenvalue weighted by molar-refractivity contribution is 0.550. The summed E-state index contributed by atoms with van der Waals surface area (Å²) in [4.78, 5) is 0. The highest BCUT2D eigenvalue weighted by atomic mass is 19.1. The van der Waals surface area contributed by atoms with Crippen molar-refractivity contribution >= 4 is 0 Å². The molecule has 5 heteroatoms. The van der Waals surface area contributed by atoms with Gasteiger partial charge in [0.05, 0.1) is 12.7 Å².